The molecule has 3 aromatic rings. The van der Waals surface area contributed by atoms with Crippen molar-refractivity contribution >= 4 is 44.0 Å². The van der Waals surface area contributed by atoms with Crippen LogP contribution in [0.2, 0.25) is 0 Å². The van der Waals surface area contributed by atoms with Crippen LogP contribution in [0.15, 0.2) is 36.5 Å². The average molecular weight is 456 g/mol. The van der Waals surface area contributed by atoms with Crippen LogP contribution >= 0.6 is 0 Å². The lowest BCUT2D eigenvalue weighted by atomic mass is 10.2. The Morgan fingerprint density at radius 3 is 2.47 bits per heavy atom. The van der Waals surface area contributed by atoms with Crippen molar-refractivity contribution < 1.29 is 8.42 Å². The van der Waals surface area contributed by atoms with E-state index in [1.807, 2.05) is 36.5 Å². The number of likely N-dealkylation sites (N-methyl/N-ethyl adjacent to an activating group) is 1. The van der Waals surface area contributed by atoms with E-state index < -0.39 is 9.84 Å². The fraction of sp³-hybridized carbons (Fsp3) is 0.455. The number of hydrogen-bond acceptors (Lipinski definition) is 8. The molecular formula is C22H29N7O2S. The Bertz CT molecular complexity index is 1190. The van der Waals surface area contributed by atoms with Crippen LogP contribution in [0, 0.1) is 0 Å². The third kappa shape index (κ3) is 4.24. The molecule has 1 atom stereocenters. The zero-order valence-electron chi connectivity index (χ0n) is 18.5. The summed E-state index contributed by atoms with van der Waals surface area (Å²) in [6.07, 6.45) is 3.02. The minimum Gasteiger partial charge on any atom is -0.369 e. The van der Waals surface area contributed by atoms with Gasteiger partial charge in [0.05, 0.1) is 16.9 Å². The van der Waals surface area contributed by atoms with Gasteiger partial charge < -0.3 is 25.0 Å². The molecule has 170 valence electrons. The van der Waals surface area contributed by atoms with Gasteiger partial charge in [0.1, 0.15) is 11.5 Å². The highest BCUT2D eigenvalue weighted by atomic mass is 32.2. The van der Waals surface area contributed by atoms with Crippen molar-refractivity contribution in [1.29, 1.82) is 0 Å². The van der Waals surface area contributed by atoms with E-state index in [1.54, 1.807) is 0 Å². The van der Waals surface area contributed by atoms with Gasteiger partial charge in [-0.3, -0.25) is 0 Å². The van der Waals surface area contributed by atoms with Gasteiger partial charge in [0.2, 0.25) is 5.95 Å². The summed E-state index contributed by atoms with van der Waals surface area (Å²) in [7, 11) is 1.36. The van der Waals surface area contributed by atoms with Crippen molar-refractivity contribution in [1.82, 2.24) is 19.9 Å². The molecule has 2 N–H and O–H groups in total. The molecule has 2 aliphatic rings. The summed E-state index contributed by atoms with van der Waals surface area (Å²) in [6, 6.07) is 10.5. The monoisotopic (exact) mass is 455 g/mol. The lowest BCUT2D eigenvalue weighted by molar-refractivity contribution is 0.315. The molecule has 5 rings (SSSR count). The summed E-state index contributed by atoms with van der Waals surface area (Å²) in [5, 5.41) is 4.37. The van der Waals surface area contributed by atoms with Gasteiger partial charge in [-0.05, 0) is 50.8 Å². The van der Waals surface area contributed by atoms with Gasteiger partial charge in [-0.2, -0.15) is 9.97 Å². The number of anilines is 4. The van der Waals surface area contributed by atoms with Crippen LogP contribution in [-0.4, -0.2) is 86.1 Å². The number of aromatic nitrogens is 3. The van der Waals surface area contributed by atoms with Crippen molar-refractivity contribution in [3.63, 3.8) is 0 Å². The van der Waals surface area contributed by atoms with E-state index in [9.17, 15) is 8.42 Å². The Morgan fingerprint density at radius 1 is 1.03 bits per heavy atom. The van der Waals surface area contributed by atoms with E-state index in [4.69, 9.17) is 4.98 Å². The fourth-order valence-corrected chi connectivity index (χ4v) is 5.63. The van der Waals surface area contributed by atoms with Crippen molar-refractivity contribution in [3.05, 3.63) is 36.5 Å². The first kappa shape index (κ1) is 21.0. The molecule has 10 heteroatoms. The highest BCUT2D eigenvalue weighted by Gasteiger charge is 2.27. The first-order chi connectivity index (χ1) is 15.4. The highest BCUT2D eigenvalue weighted by Crippen LogP contribution is 2.30. The van der Waals surface area contributed by atoms with Gasteiger partial charge in [-0.1, -0.05) is 0 Å². The number of benzene rings is 1. The maximum Gasteiger partial charge on any atom is 0.231 e. The van der Waals surface area contributed by atoms with Crippen LogP contribution in [0.1, 0.15) is 6.42 Å². The number of H-pyrrole nitrogens is 1. The largest absolute Gasteiger partial charge is 0.369 e. The molecule has 4 heterocycles. The molecule has 2 fully saturated rings. The minimum atomic E-state index is -2.89. The summed E-state index contributed by atoms with van der Waals surface area (Å²) >= 11 is 0. The van der Waals surface area contributed by atoms with Crippen molar-refractivity contribution in [3.8, 4) is 0 Å². The molecule has 2 aliphatic heterocycles. The van der Waals surface area contributed by atoms with E-state index >= 15 is 0 Å². The van der Waals surface area contributed by atoms with Gasteiger partial charge in [0.25, 0.3) is 0 Å². The zero-order valence-corrected chi connectivity index (χ0v) is 19.3. The number of nitrogens with one attached hydrogen (secondary N) is 2. The molecule has 0 saturated carbocycles. The molecule has 9 nitrogen and oxygen atoms in total. The maximum atomic E-state index is 11.7. The lowest BCUT2D eigenvalue weighted by Gasteiger charge is -2.28. The second kappa shape index (κ2) is 8.25. The SMILES string of the molecule is CN(C)[C@@H]1CCN(c2nc(Nc3ccc(N4CCS(=O)(=O)CC4)cc3)nc3[nH]ccc23)C1. The molecule has 0 radical (unpaired) electrons. The Kier molecular flexibility index (Phi) is 5.42. The minimum absolute atomic E-state index is 0.213. The Balaban J connectivity index is 1.34. The predicted molar refractivity (Wildman–Crippen MR) is 129 cm³/mol. The average Bonchev–Trinajstić information content (AvgIpc) is 3.44. The van der Waals surface area contributed by atoms with Gasteiger partial charge in [-0.15, -0.1) is 0 Å². The number of aromatic amines is 1. The summed E-state index contributed by atoms with van der Waals surface area (Å²) in [6.45, 7) is 2.99. The third-order valence-corrected chi connectivity index (χ3v) is 8.03. The van der Waals surface area contributed by atoms with Gasteiger partial charge in [0.15, 0.2) is 9.84 Å². The second-order valence-electron chi connectivity index (χ2n) is 8.77. The van der Waals surface area contributed by atoms with E-state index in [1.165, 1.54) is 0 Å². The van der Waals surface area contributed by atoms with Crippen LogP contribution in [0.3, 0.4) is 0 Å². The van der Waals surface area contributed by atoms with Crippen molar-refractivity contribution in [2.75, 3.05) is 66.9 Å². The predicted octanol–water partition coefficient (Wildman–Crippen LogP) is 2.08. The van der Waals surface area contributed by atoms with Crippen molar-refractivity contribution in [2.24, 2.45) is 0 Å². The zero-order chi connectivity index (χ0) is 22.3. The number of hydrogen-bond donors (Lipinski definition) is 2. The summed E-state index contributed by atoms with van der Waals surface area (Å²) < 4.78 is 23.3. The number of nitrogens with zero attached hydrogens (tertiary/aromatic N) is 5. The molecule has 0 amide bonds. The summed E-state index contributed by atoms with van der Waals surface area (Å²) in [5.41, 5.74) is 2.73. The van der Waals surface area contributed by atoms with Gasteiger partial charge in [-0.25, -0.2) is 8.42 Å². The summed E-state index contributed by atoms with van der Waals surface area (Å²) in [5.74, 6) is 1.94. The van der Waals surface area contributed by atoms with Crippen LogP contribution < -0.4 is 15.1 Å². The molecule has 0 unspecified atom stereocenters. The van der Waals surface area contributed by atoms with Crippen molar-refractivity contribution in [2.45, 2.75) is 12.5 Å². The van der Waals surface area contributed by atoms with Crippen LogP contribution in [-0.2, 0) is 9.84 Å². The fourth-order valence-electron chi connectivity index (χ4n) is 4.43. The normalized spacial score (nSPS) is 20.9. The van der Waals surface area contributed by atoms with E-state index in [0.717, 1.165) is 47.7 Å². The van der Waals surface area contributed by atoms with E-state index in [2.05, 4.69) is 44.1 Å². The molecule has 32 heavy (non-hydrogen) atoms. The van der Waals surface area contributed by atoms with E-state index in [0.29, 0.717) is 25.1 Å². The summed E-state index contributed by atoms with van der Waals surface area (Å²) in [4.78, 5) is 19.4. The number of sulfone groups is 1. The third-order valence-electron chi connectivity index (χ3n) is 6.42. The lowest BCUT2D eigenvalue weighted by Crippen LogP contribution is -2.40. The molecular weight excluding hydrogens is 426 g/mol. The number of fused-ring (bicyclic) bond motifs is 1. The molecule has 0 spiro atoms. The standard InChI is InChI=1S/C22H29N7O2S/c1-27(2)18-8-10-29(15-18)21-19-7-9-23-20(19)25-22(26-21)24-16-3-5-17(6-4-16)28-11-13-32(30,31)14-12-28/h3-7,9,18H,8,10-15H2,1-2H3,(H2,23,24,25,26)/t18-/m1/s1. The number of rotatable bonds is 5. The Labute approximate surface area is 188 Å². The van der Waals surface area contributed by atoms with Crippen LogP contribution in [0.25, 0.3) is 11.0 Å². The molecule has 0 aliphatic carbocycles. The van der Waals surface area contributed by atoms with Crippen LogP contribution in [0.5, 0.6) is 0 Å². The van der Waals surface area contributed by atoms with E-state index in [-0.39, 0.29) is 11.5 Å². The Hall–Kier alpha value is -2.85. The van der Waals surface area contributed by atoms with Crippen LogP contribution in [0.4, 0.5) is 23.1 Å². The quantitative estimate of drug-likeness (QED) is 0.604. The Morgan fingerprint density at radius 2 is 1.78 bits per heavy atom. The smallest absolute Gasteiger partial charge is 0.231 e. The molecule has 0 bridgehead atoms. The maximum absolute atomic E-state index is 11.7. The first-order valence-corrected chi connectivity index (χ1v) is 12.8. The topological polar surface area (TPSA) is 97.5 Å². The van der Waals surface area contributed by atoms with Gasteiger partial charge in [0, 0.05) is 49.8 Å². The van der Waals surface area contributed by atoms with Gasteiger partial charge >= 0.3 is 0 Å². The molecule has 2 saturated heterocycles. The molecule has 1 aromatic carbocycles. The first-order valence-electron chi connectivity index (χ1n) is 11.0. The highest BCUT2D eigenvalue weighted by molar-refractivity contribution is 7.91. The second-order valence-corrected chi connectivity index (χ2v) is 11.1. The molecule has 2 aromatic heterocycles.